The lowest BCUT2D eigenvalue weighted by atomic mass is 10.00. The minimum Gasteiger partial charge on any atom is -0.443 e. The number of carbonyl (C=O) groups excluding carboxylic acids is 2. The molecule has 6 heteroatoms. The number of carbonyl (C=O) groups is 2. The summed E-state index contributed by atoms with van der Waals surface area (Å²) in [5.74, 6) is -0.820. The van der Waals surface area contributed by atoms with Gasteiger partial charge in [0.05, 0.1) is 0 Å². The summed E-state index contributed by atoms with van der Waals surface area (Å²) in [6.45, 7) is 6.45. The summed E-state index contributed by atoms with van der Waals surface area (Å²) in [7, 11) is 0. The van der Waals surface area contributed by atoms with Gasteiger partial charge in [0, 0.05) is 32.1 Å². The zero-order valence-corrected chi connectivity index (χ0v) is 17.8. The Balaban J connectivity index is 1.83. The van der Waals surface area contributed by atoms with Crippen molar-refractivity contribution in [2.45, 2.75) is 58.1 Å². The predicted octanol–water partition coefficient (Wildman–Crippen LogP) is 4.56. The zero-order valence-electron chi connectivity index (χ0n) is 17.8. The van der Waals surface area contributed by atoms with Gasteiger partial charge in [0.15, 0.2) is 6.17 Å². The Morgan fingerprint density at radius 3 is 2.00 bits per heavy atom. The van der Waals surface area contributed by atoms with Crippen LogP contribution in [-0.4, -0.2) is 46.2 Å². The normalized spacial score (nSPS) is 19.8. The summed E-state index contributed by atoms with van der Waals surface area (Å²) in [5.41, 5.74) is 1.42. The number of rotatable bonds is 5. The Morgan fingerprint density at radius 1 is 1.03 bits per heavy atom. The molecule has 3 rings (SSSR count). The molecule has 0 bridgehead atoms. The number of amides is 2. The Labute approximate surface area is 177 Å². The lowest BCUT2D eigenvalue weighted by molar-refractivity contribution is -0.141. The van der Waals surface area contributed by atoms with Crippen LogP contribution in [0.15, 0.2) is 60.7 Å². The van der Waals surface area contributed by atoms with Crippen LogP contribution >= 0.6 is 0 Å². The summed E-state index contributed by atoms with van der Waals surface area (Å²) < 4.78 is 20.0. The van der Waals surface area contributed by atoms with Gasteiger partial charge in [-0.25, -0.2) is 14.1 Å². The first kappa shape index (κ1) is 22.0. The van der Waals surface area contributed by atoms with Crippen LogP contribution in [0.2, 0.25) is 0 Å². The van der Waals surface area contributed by atoms with E-state index in [-0.39, 0.29) is 19.0 Å². The SMILES string of the molecule is CC(C)(C)OC(=O)N1C[C@@H](N(Cc2ccccc2)Cc2ccccc2)C[C@@H](F)C1=O. The van der Waals surface area contributed by atoms with Gasteiger partial charge in [0.2, 0.25) is 0 Å². The molecule has 0 radical (unpaired) electrons. The number of hydrogen-bond acceptors (Lipinski definition) is 4. The molecule has 0 saturated carbocycles. The molecular formula is C24H29FN2O3. The Bertz CT molecular complexity index is 810. The number of hydrogen-bond donors (Lipinski definition) is 0. The Kier molecular flexibility index (Phi) is 6.87. The maximum atomic E-state index is 14.7. The highest BCUT2D eigenvalue weighted by molar-refractivity contribution is 5.95. The van der Waals surface area contributed by atoms with Crippen molar-refractivity contribution in [2.75, 3.05) is 6.54 Å². The lowest BCUT2D eigenvalue weighted by Crippen LogP contribution is -2.56. The molecule has 5 nitrogen and oxygen atoms in total. The van der Waals surface area contributed by atoms with Crippen LogP contribution < -0.4 is 0 Å². The smallest absolute Gasteiger partial charge is 0.417 e. The van der Waals surface area contributed by atoms with Gasteiger partial charge in [-0.15, -0.1) is 0 Å². The quantitative estimate of drug-likeness (QED) is 0.722. The molecule has 2 aromatic carbocycles. The van der Waals surface area contributed by atoms with Gasteiger partial charge >= 0.3 is 6.09 Å². The van der Waals surface area contributed by atoms with E-state index in [2.05, 4.69) is 4.90 Å². The van der Waals surface area contributed by atoms with E-state index in [0.29, 0.717) is 13.1 Å². The average molecular weight is 413 g/mol. The van der Waals surface area contributed by atoms with Crippen molar-refractivity contribution in [2.24, 2.45) is 0 Å². The van der Waals surface area contributed by atoms with Crippen molar-refractivity contribution in [1.29, 1.82) is 0 Å². The highest BCUT2D eigenvalue weighted by Gasteiger charge is 2.41. The van der Waals surface area contributed by atoms with Gasteiger partial charge < -0.3 is 4.74 Å². The standard InChI is InChI=1S/C24H29FN2O3/c1-24(2,3)30-23(29)27-17-20(14-21(25)22(27)28)26(15-18-10-6-4-7-11-18)16-19-12-8-5-9-13-19/h4-13,20-21H,14-17H2,1-3H3/t20-,21+/m0/s1. The molecule has 1 aliphatic rings. The Morgan fingerprint density at radius 2 is 1.53 bits per heavy atom. The summed E-state index contributed by atoms with van der Waals surface area (Å²) in [6, 6.07) is 19.5. The molecule has 1 saturated heterocycles. The number of halogens is 1. The molecule has 2 aromatic rings. The monoisotopic (exact) mass is 412 g/mol. The fraction of sp³-hybridized carbons (Fsp3) is 0.417. The van der Waals surface area contributed by atoms with Gasteiger partial charge in [0.1, 0.15) is 5.60 Å². The third kappa shape index (κ3) is 5.89. The third-order valence-electron chi connectivity index (χ3n) is 4.99. The molecule has 0 spiro atoms. The van der Waals surface area contributed by atoms with Crippen LogP contribution in [0.4, 0.5) is 9.18 Å². The molecular weight excluding hydrogens is 383 g/mol. The second-order valence-corrected chi connectivity index (χ2v) is 8.66. The molecule has 0 aromatic heterocycles. The van der Waals surface area contributed by atoms with Crippen LogP contribution in [0.3, 0.4) is 0 Å². The minimum absolute atomic E-state index is 0.0534. The molecule has 0 aliphatic carbocycles. The number of likely N-dealkylation sites (tertiary alicyclic amines) is 1. The number of piperidine rings is 1. The van der Waals surface area contributed by atoms with E-state index in [1.54, 1.807) is 20.8 Å². The topological polar surface area (TPSA) is 49.9 Å². The first-order valence-electron chi connectivity index (χ1n) is 10.2. The van der Waals surface area contributed by atoms with Gasteiger partial charge in [-0.2, -0.15) is 0 Å². The van der Waals surface area contributed by atoms with E-state index < -0.39 is 23.8 Å². The van der Waals surface area contributed by atoms with Crippen LogP contribution in [-0.2, 0) is 22.6 Å². The van der Waals surface area contributed by atoms with Crippen molar-refractivity contribution >= 4 is 12.0 Å². The second-order valence-electron chi connectivity index (χ2n) is 8.66. The van der Waals surface area contributed by atoms with Gasteiger partial charge in [0.25, 0.3) is 5.91 Å². The molecule has 1 aliphatic heterocycles. The van der Waals surface area contributed by atoms with Gasteiger partial charge in [-0.05, 0) is 31.9 Å². The van der Waals surface area contributed by atoms with E-state index in [1.165, 1.54) is 0 Å². The van der Waals surface area contributed by atoms with Crippen LogP contribution in [0, 0.1) is 0 Å². The maximum Gasteiger partial charge on any atom is 0.417 e. The van der Waals surface area contributed by atoms with Crippen molar-refractivity contribution in [3.05, 3.63) is 71.8 Å². The fourth-order valence-electron chi connectivity index (χ4n) is 3.58. The van der Waals surface area contributed by atoms with Crippen molar-refractivity contribution < 1.29 is 18.7 Å². The molecule has 0 N–H and O–H groups in total. The number of benzene rings is 2. The highest BCUT2D eigenvalue weighted by Crippen LogP contribution is 2.25. The second kappa shape index (κ2) is 9.39. The van der Waals surface area contributed by atoms with Crippen LogP contribution in [0.1, 0.15) is 38.3 Å². The zero-order chi connectivity index (χ0) is 21.7. The van der Waals surface area contributed by atoms with Crippen molar-refractivity contribution in [1.82, 2.24) is 9.80 Å². The largest absolute Gasteiger partial charge is 0.443 e. The van der Waals surface area contributed by atoms with Crippen molar-refractivity contribution in [3.63, 3.8) is 0 Å². The van der Waals surface area contributed by atoms with E-state index >= 15 is 0 Å². The highest BCUT2D eigenvalue weighted by atomic mass is 19.1. The summed E-state index contributed by atoms with van der Waals surface area (Å²) in [6.07, 6.45) is -2.47. The lowest BCUT2D eigenvalue weighted by Gasteiger charge is -2.39. The molecule has 0 unspecified atom stereocenters. The van der Waals surface area contributed by atoms with Crippen LogP contribution in [0.5, 0.6) is 0 Å². The number of imide groups is 1. The summed E-state index contributed by atoms with van der Waals surface area (Å²) in [5, 5.41) is 0. The fourth-order valence-corrected chi connectivity index (χ4v) is 3.58. The molecule has 30 heavy (non-hydrogen) atoms. The summed E-state index contributed by atoms with van der Waals surface area (Å²) in [4.78, 5) is 28.0. The van der Waals surface area contributed by atoms with Crippen LogP contribution in [0.25, 0.3) is 0 Å². The van der Waals surface area contributed by atoms with E-state index in [0.717, 1.165) is 16.0 Å². The predicted molar refractivity (Wildman–Crippen MR) is 113 cm³/mol. The molecule has 1 fully saturated rings. The Hall–Kier alpha value is -2.73. The number of alkyl halides is 1. The van der Waals surface area contributed by atoms with Crippen molar-refractivity contribution in [3.8, 4) is 0 Å². The van der Waals surface area contributed by atoms with E-state index in [1.807, 2.05) is 60.7 Å². The number of ether oxygens (including phenoxy) is 1. The van der Waals surface area contributed by atoms with E-state index in [4.69, 9.17) is 4.74 Å². The average Bonchev–Trinajstić information content (AvgIpc) is 2.69. The van der Waals surface area contributed by atoms with Gasteiger partial charge in [-0.3, -0.25) is 9.69 Å². The first-order valence-corrected chi connectivity index (χ1v) is 10.2. The molecule has 2 atom stereocenters. The first-order chi connectivity index (χ1) is 14.2. The maximum absolute atomic E-state index is 14.7. The summed E-state index contributed by atoms with van der Waals surface area (Å²) >= 11 is 0. The van der Waals surface area contributed by atoms with E-state index in [9.17, 15) is 14.0 Å². The molecule has 2 amide bonds. The molecule has 1 heterocycles. The molecule has 160 valence electrons. The van der Waals surface area contributed by atoms with Gasteiger partial charge in [-0.1, -0.05) is 60.7 Å². The minimum atomic E-state index is -1.73. The third-order valence-corrected chi connectivity index (χ3v) is 4.99. The number of nitrogens with zero attached hydrogens (tertiary/aromatic N) is 2.